The Morgan fingerprint density at radius 1 is 1.19 bits per heavy atom. The summed E-state index contributed by atoms with van der Waals surface area (Å²) < 4.78 is 11.0. The lowest BCUT2D eigenvalue weighted by Gasteiger charge is -2.31. The SMILES string of the molecule is CC(C)C(C)(N)c1ccc2c(c1)OCCO2. The molecular formula is C13H19NO2. The Morgan fingerprint density at radius 3 is 2.44 bits per heavy atom. The zero-order chi connectivity index (χ0) is 11.8. The van der Waals surface area contributed by atoms with Gasteiger partial charge in [-0.2, -0.15) is 0 Å². The summed E-state index contributed by atoms with van der Waals surface area (Å²) in [5, 5.41) is 0. The van der Waals surface area contributed by atoms with Crippen LogP contribution in [0.25, 0.3) is 0 Å². The first-order valence-electron chi connectivity index (χ1n) is 5.71. The minimum atomic E-state index is -0.337. The maximum atomic E-state index is 6.32. The van der Waals surface area contributed by atoms with Gasteiger partial charge < -0.3 is 15.2 Å². The summed E-state index contributed by atoms with van der Waals surface area (Å²) in [5.74, 6) is 1.99. The highest BCUT2D eigenvalue weighted by Crippen LogP contribution is 2.35. The molecule has 1 heterocycles. The lowest BCUT2D eigenvalue weighted by molar-refractivity contribution is 0.171. The number of fused-ring (bicyclic) bond motifs is 1. The Bertz CT molecular complexity index is 386. The third-order valence-corrected chi connectivity index (χ3v) is 3.36. The van der Waals surface area contributed by atoms with Crippen molar-refractivity contribution in [3.63, 3.8) is 0 Å². The molecule has 0 spiro atoms. The van der Waals surface area contributed by atoms with Crippen molar-refractivity contribution in [2.45, 2.75) is 26.3 Å². The van der Waals surface area contributed by atoms with Crippen LogP contribution < -0.4 is 15.2 Å². The summed E-state index contributed by atoms with van der Waals surface area (Å²) in [6.07, 6.45) is 0. The molecule has 16 heavy (non-hydrogen) atoms. The van der Waals surface area contributed by atoms with E-state index in [1.54, 1.807) is 0 Å². The standard InChI is InChI=1S/C13H19NO2/c1-9(2)13(3,14)10-4-5-11-12(8-10)16-7-6-15-11/h4-5,8-9H,6-7,14H2,1-3H3. The van der Waals surface area contributed by atoms with Crippen molar-refractivity contribution in [3.8, 4) is 11.5 Å². The van der Waals surface area contributed by atoms with E-state index in [-0.39, 0.29) is 5.54 Å². The van der Waals surface area contributed by atoms with Crippen LogP contribution in [0.5, 0.6) is 11.5 Å². The van der Waals surface area contributed by atoms with Crippen molar-refractivity contribution in [1.29, 1.82) is 0 Å². The average Bonchev–Trinajstić information content (AvgIpc) is 2.28. The molecule has 0 aromatic heterocycles. The lowest BCUT2D eigenvalue weighted by atomic mass is 9.82. The Morgan fingerprint density at radius 2 is 1.81 bits per heavy atom. The first-order valence-corrected chi connectivity index (χ1v) is 5.71. The van der Waals surface area contributed by atoms with Gasteiger partial charge in [-0.05, 0) is 30.5 Å². The van der Waals surface area contributed by atoms with E-state index in [4.69, 9.17) is 15.2 Å². The van der Waals surface area contributed by atoms with Gasteiger partial charge in [-0.15, -0.1) is 0 Å². The largest absolute Gasteiger partial charge is 0.486 e. The van der Waals surface area contributed by atoms with E-state index < -0.39 is 0 Å². The van der Waals surface area contributed by atoms with Crippen LogP contribution >= 0.6 is 0 Å². The molecule has 88 valence electrons. The first-order chi connectivity index (χ1) is 7.51. The molecule has 0 bridgehead atoms. The van der Waals surface area contributed by atoms with Crippen LogP contribution in [0.4, 0.5) is 0 Å². The van der Waals surface area contributed by atoms with Crippen molar-refractivity contribution in [1.82, 2.24) is 0 Å². The summed E-state index contributed by atoms with van der Waals surface area (Å²) in [4.78, 5) is 0. The molecule has 3 nitrogen and oxygen atoms in total. The van der Waals surface area contributed by atoms with Crippen LogP contribution in [0.15, 0.2) is 18.2 Å². The molecule has 0 saturated carbocycles. The van der Waals surface area contributed by atoms with Gasteiger partial charge in [0.25, 0.3) is 0 Å². The lowest BCUT2D eigenvalue weighted by Crippen LogP contribution is -2.38. The molecule has 1 unspecified atom stereocenters. The van der Waals surface area contributed by atoms with E-state index in [0.717, 1.165) is 17.1 Å². The van der Waals surface area contributed by atoms with E-state index in [1.165, 1.54) is 0 Å². The molecule has 0 radical (unpaired) electrons. The van der Waals surface area contributed by atoms with Crippen molar-refractivity contribution in [2.75, 3.05) is 13.2 Å². The molecule has 3 heteroatoms. The molecule has 0 aliphatic carbocycles. The maximum absolute atomic E-state index is 6.32. The second kappa shape index (κ2) is 3.98. The Kier molecular flexibility index (Phi) is 2.80. The second-order valence-electron chi connectivity index (χ2n) is 4.80. The average molecular weight is 221 g/mol. The number of ether oxygens (including phenoxy) is 2. The topological polar surface area (TPSA) is 44.5 Å². The fourth-order valence-corrected chi connectivity index (χ4v) is 1.71. The van der Waals surface area contributed by atoms with Gasteiger partial charge in [0.05, 0.1) is 0 Å². The van der Waals surface area contributed by atoms with Crippen molar-refractivity contribution >= 4 is 0 Å². The van der Waals surface area contributed by atoms with E-state index >= 15 is 0 Å². The Hall–Kier alpha value is -1.22. The van der Waals surface area contributed by atoms with Gasteiger partial charge >= 0.3 is 0 Å². The highest BCUT2D eigenvalue weighted by molar-refractivity contribution is 5.45. The molecule has 1 atom stereocenters. The molecular weight excluding hydrogens is 202 g/mol. The van der Waals surface area contributed by atoms with Crippen LogP contribution in [-0.4, -0.2) is 13.2 Å². The van der Waals surface area contributed by atoms with Gasteiger partial charge in [-0.25, -0.2) is 0 Å². The normalized spacial score (nSPS) is 18.3. The fraction of sp³-hybridized carbons (Fsp3) is 0.538. The van der Waals surface area contributed by atoms with Crippen molar-refractivity contribution in [2.24, 2.45) is 11.7 Å². The summed E-state index contributed by atoms with van der Waals surface area (Å²) >= 11 is 0. The van der Waals surface area contributed by atoms with Gasteiger partial charge in [-0.3, -0.25) is 0 Å². The first kappa shape index (κ1) is 11.3. The summed E-state index contributed by atoms with van der Waals surface area (Å²) in [6.45, 7) is 7.52. The van der Waals surface area contributed by atoms with E-state index in [9.17, 15) is 0 Å². The number of hydrogen-bond donors (Lipinski definition) is 1. The maximum Gasteiger partial charge on any atom is 0.161 e. The quantitative estimate of drug-likeness (QED) is 0.833. The second-order valence-corrected chi connectivity index (χ2v) is 4.80. The highest BCUT2D eigenvalue weighted by Gasteiger charge is 2.27. The number of nitrogens with two attached hydrogens (primary N) is 1. The Balaban J connectivity index is 2.37. The van der Waals surface area contributed by atoms with Crippen molar-refractivity contribution in [3.05, 3.63) is 23.8 Å². The third-order valence-electron chi connectivity index (χ3n) is 3.36. The summed E-state index contributed by atoms with van der Waals surface area (Å²) in [5.41, 5.74) is 7.07. The van der Waals surface area contributed by atoms with Gasteiger partial charge in [-0.1, -0.05) is 19.9 Å². The summed E-state index contributed by atoms with van der Waals surface area (Å²) in [6, 6.07) is 5.96. The molecule has 1 aromatic carbocycles. The minimum Gasteiger partial charge on any atom is -0.486 e. The number of hydrogen-bond acceptors (Lipinski definition) is 3. The smallest absolute Gasteiger partial charge is 0.161 e. The molecule has 2 N–H and O–H groups in total. The minimum absolute atomic E-state index is 0.337. The van der Waals surface area contributed by atoms with Crippen LogP contribution in [0, 0.1) is 5.92 Å². The molecule has 2 rings (SSSR count). The molecule has 0 fully saturated rings. The van der Waals surface area contributed by atoms with Crippen LogP contribution in [0.1, 0.15) is 26.3 Å². The number of rotatable bonds is 2. The van der Waals surface area contributed by atoms with Crippen LogP contribution in [0.2, 0.25) is 0 Å². The fourth-order valence-electron chi connectivity index (χ4n) is 1.71. The van der Waals surface area contributed by atoms with Gasteiger partial charge in [0.15, 0.2) is 11.5 Å². The van der Waals surface area contributed by atoms with Gasteiger partial charge in [0.1, 0.15) is 13.2 Å². The molecule has 1 aliphatic heterocycles. The molecule has 1 aromatic rings. The van der Waals surface area contributed by atoms with Gasteiger partial charge in [0, 0.05) is 5.54 Å². The Labute approximate surface area is 96.5 Å². The molecule has 0 saturated heterocycles. The highest BCUT2D eigenvalue weighted by atomic mass is 16.6. The van der Waals surface area contributed by atoms with E-state index in [0.29, 0.717) is 19.1 Å². The van der Waals surface area contributed by atoms with Crippen LogP contribution in [-0.2, 0) is 5.54 Å². The number of benzene rings is 1. The zero-order valence-electron chi connectivity index (χ0n) is 10.1. The van der Waals surface area contributed by atoms with Gasteiger partial charge in [0.2, 0.25) is 0 Å². The van der Waals surface area contributed by atoms with Crippen LogP contribution in [0.3, 0.4) is 0 Å². The predicted molar refractivity (Wildman–Crippen MR) is 63.8 cm³/mol. The van der Waals surface area contributed by atoms with Crippen molar-refractivity contribution < 1.29 is 9.47 Å². The monoisotopic (exact) mass is 221 g/mol. The molecule has 0 amide bonds. The predicted octanol–water partition coefficient (Wildman–Crippen LogP) is 2.29. The summed E-state index contributed by atoms with van der Waals surface area (Å²) in [7, 11) is 0. The molecule has 1 aliphatic rings. The zero-order valence-corrected chi connectivity index (χ0v) is 10.1. The van der Waals surface area contributed by atoms with E-state index in [2.05, 4.69) is 13.8 Å². The van der Waals surface area contributed by atoms with E-state index in [1.807, 2.05) is 25.1 Å². The third kappa shape index (κ3) is 1.87.